The maximum absolute atomic E-state index is 14.8. The van der Waals surface area contributed by atoms with Gasteiger partial charge in [0, 0.05) is 30.1 Å². The van der Waals surface area contributed by atoms with Crippen LogP contribution >= 0.6 is 0 Å². The molecular formula is C24H23F2N7O. The minimum absolute atomic E-state index is 0.0525. The number of hydrogen-bond acceptors (Lipinski definition) is 7. The molecule has 2 aliphatic rings. The molecule has 1 N–H and O–H groups in total. The van der Waals surface area contributed by atoms with Crippen LogP contribution in [-0.4, -0.2) is 41.7 Å². The van der Waals surface area contributed by atoms with E-state index in [9.17, 15) is 8.78 Å². The zero-order valence-corrected chi connectivity index (χ0v) is 18.8. The van der Waals surface area contributed by atoms with Crippen LogP contribution in [0.5, 0.6) is 0 Å². The molecule has 4 heterocycles. The van der Waals surface area contributed by atoms with Crippen LogP contribution in [0.2, 0.25) is 0 Å². The summed E-state index contributed by atoms with van der Waals surface area (Å²) in [6, 6.07) is 3.45. The van der Waals surface area contributed by atoms with Gasteiger partial charge in [-0.1, -0.05) is 0 Å². The molecule has 1 aromatic carbocycles. The Kier molecular flexibility index (Phi) is 5.05. The van der Waals surface area contributed by atoms with E-state index >= 15 is 0 Å². The molecule has 2 atom stereocenters. The lowest BCUT2D eigenvalue weighted by Crippen LogP contribution is -2.21. The molecule has 174 valence electrons. The summed E-state index contributed by atoms with van der Waals surface area (Å²) in [6.45, 7) is 4.19. The Morgan fingerprint density at radius 3 is 2.53 bits per heavy atom. The van der Waals surface area contributed by atoms with Gasteiger partial charge in [0.25, 0.3) is 0 Å². The third kappa shape index (κ3) is 3.81. The molecule has 1 aliphatic heterocycles. The number of aromatic nitrogens is 7. The van der Waals surface area contributed by atoms with Crippen LogP contribution in [0.1, 0.15) is 72.5 Å². The summed E-state index contributed by atoms with van der Waals surface area (Å²) in [5.74, 6) is 1.14. The predicted molar refractivity (Wildman–Crippen MR) is 119 cm³/mol. The van der Waals surface area contributed by atoms with Crippen molar-refractivity contribution in [2.24, 2.45) is 0 Å². The first kappa shape index (κ1) is 21.2. The number of H-pyrrole nitrogens is 1. The van der Waals surface area contributed by atoms with Crippen LogP contribution in [-0.2, 0) is 4.74 Å². The van der Waals surface area contributed by atoms with Gasteiger partial charge in [0.05, 0.1) is 11.4 Å². The average Bonchev–Trinajstić information content (AvgIpc) is 3.56. The minimum Gasteiger partial charge on any atom is -0.370 e. The van der Waals surface area contributed by atoms with Crippen LogP contribution < -0.4 is 0 Å². The Morgan fingerprint density at radius 1 is 0.912 bits per heavy atom. The largest absolute Gasteiger partial charge is 0.370 e. The highest BCUT2D eigenvalue weighted by Gasteiger charge is 2.33. The van der Waals surface area contributed by atoms with Crippen LogP contribution in [0.4, 0.5) is 8.78 Å². The maximum Gasteiger partial charge on any atom is 0.182 e. The molecule has 4 aromatic rings. The van der Waals surface area contributed by atoms with E-state index in [1.54, 1.807) is 0 Å². The van der Waals surface area contributed by atoms with Crippen molar-refractivity contribution < 1.29 is 13.5 Å². The molecule has 0 bridgehead atoms. The maximum atomic E-state index is 14.8. The number of halogens is 2. The molecular weight excluding hydrogens is 440 g/mol. The zero-order valence-electron chi connectivity index (χ0n) is 18.8. The van der Waals surface area contributed by atoms with Crippen molar-refractivity contribution in [3.63, 3.8) is 0 Å². The van der Waals surface area contributed by atoms with Crippen molar-refractivity contribution in [1.29, 1.82) is 0 Å². The summed E-state index contributed by atoms with van der Waals surface area (Å²) in [7, 11) is 0. The van der Waals surface area contributed by atoms with Crippen molar-refractivity contribution in [2.75, 3.05) is 6.61 Å². The Balaban J connectivity index is 1.41. The fourth-order valence-electron chi connectivity index (χ4n) is 4.36. The summed E-state index contributed by atoms with van der Waals surface area (Å²) in [5.41, 5.74) is 2.71. The zero-order chi connectivity index (χ0) is 23.4. The molecule has 0 unspecified atom stereocenters. The number of rotatable bonds is 4. The van der Waals surface area contributed by atoms with Crippen molar-refractivity contribution in [3.8, 4) is 11.3 Å². The smallest absolute Gasteiger partial charge is 0.182 e. The second kappa shape index (κ2) is 8.12. The highest BCUT2D eigenvalue weighted by molar-refractivity contribution is 5.87. The molecule has 0 spiro atoms. The molecule has 1 saturated carbocycles. The van der Waals surface area contributed by atoms with Gasteiger partial charge in [0.2, 0.25) is 0 Å². The Morgan fingerprint density at radius 2 is 1.74 bits per heavy atom. The van der Waals surface area contributed by atoms with E-state index in [-0.39, 0.29) is 17.6 Å². The summed E-state index contributed by atoms with van der Waals surface area (Å²) in [4.78, 5) is 23.3. The van der Waals surface area contributed by atoms with Crippen molar-refractivity contribution in [2.45, 2.75) is 57.5 Å². The Bertz CT molecular complexity index is 1400. The lowest BCUT2D eigenvalue weighted by Gasteiger charge is -2.27. The van der Waals surface area contributed by atoms with Crippen molar-refractivity contribution in [3.05, 3.63) is 58.7 Å². The monoisotopic (exact) mass is 463 g/mol. The van der Waals surface area contributed by atoms with E-state index in [1.807, 2.05) is 13.8 Å². The lowest BCUT2D eigenvalue weighted by molar-refractivity contribution is -0.00108. The number of nitrogens with zero attached hydrogens (tertiary/aromatic N) is 6. The summed E-state index contributed by atoms with van der Waals surface area (Å²) < 4.78 is 34.4. The van der Waals surface area contributed by atoms with E-state index in [4.69, 9.17) is 14.7 Å². The fourth-order valence-corrected chi connectivity index (χ4v) is 4.36. The van der Waals surface area contributed by atoms with Gasteiger partial charge in [0.15, 0.2) is 17.3 Å². The Hall–Kier alpha value is -3.40. The van der Waals surface area contributed by atoms with Crippen LogP contribution in [0.3, 0.4) is 0 Å². The number of fused-ring (bicyclic) bond motifs is 1. The van der Waals surface area contributed by atoms with E-state index in [2.05, 4.69) is 25.1 Å². The first-order chi connectivity index (χ1) is 16.5. The molecule has 1 aliphatic carbocycles. The lowest BCUT2D eigenvalue weighted by atomic mass is 9.94. The van der Waals surface area contributed by atoms with Gasteiger partial charge in [-0.2, -0.15) is 5.10 Å². The third-order valence-electron chi connectivity index (χ3n) is 6.56. The molecule has 34 heavy (non-hydrogen) atoms. The fraction of sp³-hybridized carbons (Fsp3) is 0.417. The molecule has 2 fully saturated rings. The van der Waals surface area contributed by atoms with E-state index < -0.39 is 11.6 Å². The number of ether oxygens (including phenoxy) is 1. The first-order valence-corrected chi connectivity index (χ1v) is 11.5. The second-order valence-corrected chi connectivity index (χ2v) is 9.06. The minimum atomic E-state index is -0.704. The summed E-state index contributed by atoms with van der Waals surface area (Å²) >= 11 is 0. The van der Waals surface area contributed by atoms with Gasteiger partial charge in [-0.05, 0) is 51.7 Å². The molecule has 1 saturated heterocycles. The van der Waals surface area contributed by atoms with Gasteiger partial charge >= 0.3 is 0 Å². The number of aromatic amines is 1. The van der Waals surface area contributed by atoms with Crippen LogP contribution in [0.25, 0.3) is 22.4 Å². The molecule has 3 aromatic heterocycles. The number of aryl methyl sites for hydroxylation is 2. The van der Waals surface area contributed by atoms with Gasteiger partial charge in [-0.25, -0.2) is 33.7 Å². The van der Waals surface area contributed by atoms with Crippen molar-refractivity contribution in [1.82, 2.24) is 35.1 Å². The van der Waals surface area contributed by atoms with Gasteiger partial charge < -0.3 is 4.74 Å². The molecule has 0 radical (unpaired) electrons. The van der Waals surface area contributed by atoms with E-state index in [1.165, 1.54) is 12.1 Å². The second-order valence-electron chi connectivity index (χ2n) is 9.06. The predicted octanol–water partition coefficient (Wildman–Crippen LogP) is 4.61. The highest BCUT2D eigenvalue weighted by atomic mass is 19.1. The van der Waals surface area contributed by atoms with Gasteiger partial charge in [-0.15, -0.1) is 0 Å². The summed E-state index contributed by atoms with van der Waals surface area (Å²) in [5, 5.41) is 7.37. The number of benzene rings is 1. The highest BCUT2D eigenvalue weighted by Crippen LogP contribution is 2.40. The van der Waals surface area contributed by atoms with Gasteiger partial charge in [-0.3, -0.25) is 5.10 Å². The molecule has 8 nitrogen and oxygen atoms in total. The topological polar surface area (TPSA) is 102 Å². The van der Waals surface area contributed by atoms with Crippen LogP contribution in [0.15, 0.2) is 18.2 Å². The molecule has 0 amide bonds. The number of nitrogens with one attached hydrogen (secondary N) is 1. The first-order valence-electron chi connectivity index (χ1n) is 11.5. The van der Waals surface area contributed by atoms with Crippen LogP contribution in [0, 0.1) is 25.5 Å². The average molecular weight is 463 g/mol. The quantitative estimate of drug-likeness (QED) is 0.471. The van der Waals surface area contributed by atoms with Crippen molar-refractivity contribution >= 4 is 11.2 Å². The van der Waals surface area contributed by atoms with Gasteiger partial charge in [0.1, 0.15) is 34.8 Å². The SMILES string of the molecule is Cc1nc2nc([C@@H]3CCO[C@H](c4nc(C5CC5)n[nH]4)C3)nc(-c3ccc(F)cc3F)c2nc1C. The summed E-state index contributed by atoms with van der Waals surface area (Å²) in [6.07, 6.45) is 3.30. The molecule has 10 heteroatoms. The van der Waals surface area contributed by atoms with E-state index in [0.29, 0.717) is 59.6 Å². The Labute approximate surface area is 194 Å². The van der Waals surface area contributed by atoms with E-state index in [0.717, 1.165) is 30.4 Å². The third-order valence-corrected chi connectivity index (χ3v) is 6.56. The normalized spacial score (nSPS) is 20.7. The molecule has 6 rings (SSSR count). The standard InChI is InChI=1S/C24H23F2N7O/c1-11-12(2)28-24-20(27-11)19(16-6-5-15(25)10-17(16)26)29-21(30-24)14-7-8-34-18(9-14)23-31-22(32-33-23)13-3-4-13/h5-6,10,13-14,18H,3-4,7-9H2,1-2H3,(H,31,32,33)/t14-,18+/m1/s1. The number of hydrogen-bond donors (Lipinski definition) is 1.